The zero-order chi connectivity index (χ0) is 13.1. The van der Waals surface area contributed by atoms with Gasteiger partial charge in [-0.15, -0.1) is 10.2 Å². The number of primary amides is 1. The standard InChI is InChI=1S/C9H10N6O2S/c1-4-12-5(2-6(16)13-4)11-3-7-14-15-9(18-7)8(10)17/h2H,3H2,1H3,(H2,10,17)(H2,11,12,13,16). The molecule has 2 heterocycles. The molecular formula is C9H10N6O2S. The van der Waals surface area contributed by atoms with E-state index in [2.05, 4.69) is 25.5 Å². The van der Waals surface area contributed by atoms with Gasteiger partial charge in [0.25, 0.3) is 11.5 Å². The number of hydrogen-bond donors (Lipinski definition) is 3. The van der Waals surface area contributed by atoms with Crippen molar-refractivity contribution in [1.82, 2.24) is 20.2 Å². The van der Waals surface area contributed by atoms with Crippen molar-refractivity contribution in [2.24, 2.45) is 5.73 Å². The molecule has 0 bridgehead atoms. The highest BCUT2D eigenvalue weighted by Gasteiger charge is 2.08. The van der Waals surface area contributed by atoms with Crippen molar-refractivity contribution in [3.8, 4) is 0 Å². The Bertz CT molecular complexity index is 634. The lowest BCUT2D eigenvalue weighted by Gasteiger charge is -2.02. The van der Waals surface area contributed by atoms with Crippen molar-refractivity contribution in [1.29, 1.82) is 0 Å². The summed E-state index contributed by atoms with van der Waals surface area (Å²) in [5, 5.41) is 11.1. The number of nitrogens with zero attached hydrogens (tertiary/aromatic N) is 3. The monoisotopic (exact) mass is 266 g/mol. The lowest BCUT2D eigenvalue weighted by Crippen LogP contribution is -2.11. The maximum absolute atomic E-state index is 11.2. The Balaban J connectivity index is 2.06. The van der Waals surface area contributed by atoms with Crippen LogP contribution >= 0.6 is 11.3 Å². The van der Waals surface area contributed by atoms with Crippen molar-refractivity contribution in [3.63, 3.8) is 0 Å². The number of carbonyl (C=O) groups excluding carboxylic acids is 1. The number of aryl methyl sites for hydroxylation is 1. The topological polar surface area (TPSA) is 127 Å². The van der Waals surface area contributed by atoms with Gasteiger partial charge in [0.1, 0.15) is 16.6 Å². The molecule has 0 unspecified atom stereocenters. The quantitative estimate of drug-likeness (QED) is 0.693. The number of aromatic nitrogens is 4. The highest BCUT2D eigenvalue weighted by atomic mass is 32.1. The Morgan fingerprint density at radius 3 is 2.94 bits per heavy atom. The first-order valence-corrected chi connectivity index (χ1v) is 5.80. The van der Waals surface area contributed by atoms with Crippen molar-refractivity contribution < 1.29 is 4.79 Å². The predicted molar refractivity (Wildman–Crippen MR) is 65.3 cm³/mol. The van der Waals surface area contributed by atoms with Crippen LogP contribution in [0, 0.1) is 6.92 Å². The molecule has 0 aromatic carbocycles. The average Bonchev–Trinajstić information content (AvgIpc) is 2.73. The smallest absolute Gasteiger partial charge is 0.279 e. The molecule has 9 heteroatoms. The number of nitrogens with one attached hydrogen (secondary N) is 2. The van der Waals surface area contributed by atoms with Gasteiger partial charge < -0.3 is 16.0 Å². The largest absolute Gasteiger partial charge is 0.363 e. The third-order valence-corrected chi connectivity index (χ3v) is 2.90. The minimum atomic E-state index is -0.608. The number of aromatic amines is 1. The number of nitrogens with two attached hydrogens (primary N) is 1. The fraction of sp³-hybridized carbons (Fsp3) is 0.222. The van der Waals surface area contributed by atoms with Gasteiger partial charge in [-0.1, -0.05) is 11.3 Å². The van der Waals surface area contributed by atoms with Crippen LogP contribution in [0.5, 0.6) is 0 Å². The highest BCUT2D eigenvalue weighted by molar-refractivity contribution is 7.13. The molecule has 0 aliphatic rings. The molecule has 94 valence electrons. The van der Waals surface area contributed by atoms with Crippen molar-refractivity contribution in [3.05, 3.63) is 32.3 Å². The average molecular weight is 266 g/mol. The number of hydrogen-bond acceptors (Lipinski definition) is 7. The van der Waals surface area contributed by atoms with Gasteiger partial charge in [-0.3, -0.25) is 9.59 Å². The van der Waals surface area contributed by atoms with E-state index < -0.39 is 5.91 Å². The van der Waals surface area contributed by atoms with Crippen LogP contribution in [0.4, 0.5) is 5.82 Å². The maximum Gasteiger partial charge on any atom is 0.279 e. The summed E-state index contributed by atoms with van der Waals surface area (Å²) in [6.45, 7) is 2.00. The van der Waals surface area contributed by atoms with E-state index >= 15 is 0 Å². The van der Waals surface area contributed by atoms with E-state index in [0.717, 1.165) is 11.3 Å². The Hall–Kier alpha value is -2.29. The van der Waals surface area contributed by atoms with E-state index in [0.29, 0.717) is 23.2 Å². The fourth-order valence-corrected chi connectivity index (χ4v) is 1.89. The summed E-state index contributed by atoms with van der Waals surface area (Å²) >= 11 is 1.10. The number of rotatable bonds is 4. The predicted octanol–water partition coefficient (Wildman–Crippen LogP) is -0.359. The third kappa shape index (κ3) is 2.88. The molecule has 0 spiro atoms. The molecule has 0 aliphatic carbocycles. The fourth-order valence-electron chi connectivity index (χ4n) is 1.26. The van der Waals surface area contributed by atoms with Crippen LogP contribution in [0.25, 0.3) is 0 Å². The SMILES string of the molecule is Cc1nc(NCc2nnc(C(N)=O)s2)cc(=O)[nH]1. The second-order valence-corrected chi connectivity index (χ2v) is 4.50. The third-order valence-electron chi connectivity index (χ3n) is 1.96. The van der Waals surface area contributed by atoms with Crippen LogP contribution < -0.4 is 16.6 Å². The van der Waals surface area contributed by atoms with Crippen LogP contribution in [0.1, 0.15) is 20.6 Å². The van der Waals surface area contributed by atoms with Crippen molar-refractivity contribution in [2.45, 2.75) is 13.5 Å². The molecule has 0 fully saturated rings. The van der Waals surface area contributed by atoms with E-state index in [9.17, 15) is 9.59 Å². The lowest BCUT2D eigenvalue weighted by molar-refractivity contribution is 0.0999. The second-order valence-electron chi connectivity index (χ2n) is 3.43. The summed E-state index contributed by atoms with van der Waals surface area (Å²) < 4.78 is 0. The molecule has 0 aliphatic heterocycles. The van der Waals surface area contributed by atoms with Gasteiger partial charge in [0, 0.05) is 6.07 Å². The van der Waals surface area contributed by atoms with Gasteiger partial charge >= 0.3 is 0 Å². The summed E-state index contributed by atoms with van der Waals surface area (Å²) in [5.41, 5.74) is 4.83. The van der Waals surface area contributed by atoms with E-state index in [1.165, 1.54) is 6.07 Å². The maximum atomic E-state index is 11.2. The zero-order valence-corrected chi connectivity index (χ0v) is 10.2. The first-order valence-electron chi connectivity index (χ1n) is 4.98. The van der Waals surface area contributed by atoms with Crippen molar-refractivity contribution in [2.75, 3.05) is 5.32 Å². The molecule has 1 amide bonds. The summed E-state index contributed by atoms with van der Waals surface area (Å²) in [7, 11) is 0. The number of H-pyrrole nitrogens is 1. The van der Waals surface area contributed by atoms with Gasteiger partial charge in [0.05, 0.1) is 6.54 Å². The minimum Gasteiger partial charge on any atom is -0.363 e. The Morgan fingerprint density at radius 1 is 1.56 bits per heavy atom. The molecule has 0 radical (unpaired) electrons. The van der Waals surface area contributed by atoms with Crippen LogP contribution in [0.2, 0.25) is 0 Å². The summed E-state index contributed by atoms with van der Waals surface area (Å²) in [6, 6.07) is 1.34. The highest BCUT2D eigenvalue weighted by Crippen LogP contribution is 2.10. The number of carbonyl (C=O) groups is 1. The molecule has 8 nitrogen and oxygen atoms in total. The van der Waals surface area contributed by atoms with Crippen LogP contribution in [0.3, 0.4) is 0 Å². The molecule has 2 aromatic rings. The normalized spacial score (nSPS) is 10.3. The van der Waals surface area contributed by atoms with Gasteiger partial charge in [0.2, 0.25) is 5.01 Å². The van der Waals surface area contributed by atoms with E-state index in [1.807, 2.05) is 0 Å². The first-order chi connectivity index (χ1) is 8.54. The molecule has 0 saturated carbocycles. The molecule has 18 heavy (non-hydrogen) atoms. The Kier molecular flexibility index (Phi) is 3.33. The molecule has 0 saturated heterocycles. The van der Waals surface area contributed by atoms with E-state index in [4.69, 9.17) is 5.73 Å². The molecule has 4 N–H and O–H groups in total. The first kappa shape index (κ1) is 12.2. The Morgan fingerprint density at radius 2 is 2.33 bits per heavy atom. The van der Waals surface area contributed by atoms with Crippen LogP contribution in [0.15, 0.2) is 10.9 Å². The van der Waals surface area contributed by atoms with Crippen molar-refractivity contribution >= 4 is 23.1 Å². The lowest BCUT2D eigenvalue weighted by atomic mass is 10.5. The summed E-state index contributed by atoms with van der Waals surface area (Å²) in [5.74, 6) is 0.344. The summed E-state index contributed by atoms with van der Waals surface area (Å²) in [6.07, 6.45) is 0. The minimum absolute atomic E-state index is 0.154. The number of anilines is 1. The van der Waals surface area contributed by atoms with Gasteiger partial charge in [0.15, 0.2) is 0 Å². The molecule has 0 atom stereocenters. The van der Waals surface area contributed by atoms with Gasteiger partial charge in [-0.25, -0.2) is 4.98 Å². The van der Waals surface area contributed by atoms with Gasteiger partial charge in [-0.05, 0) is 6.92 Å². The Labute approximate surface area is 105 Å². The zero-order valence-electron chi connectivity index (χ0n) is 9.43. The van der Waals surface area contributed by atoms with Crippen LogP contribution in [-0.4, -0.2) is 26.1 Å². The molecule has 2 rings (SSSR count). The number of amides is 1. The van der Waals surface area contributed by atoms with Crippen LogP contribution in [-0.2, 0) is 6.54 Å². The molecular weight excluding hydrogens is 256 g/mol. The van der Waals surface area contributed by atoms with E-state index in [-0.39, 0.29) is 10.6 Å². The second kappa shape index (κ2) is 4.92. The van der Waals surface area contributed by atoms with Gasteiger partial charge in [-0.2, -0.15) is 0 Å². The van der Waals surface area contributed by atoms with E-state index in [1.54, 1.807) is 6.92 Å². The summed E-state index contributed by atoms with van der Waals surface area (Å²) in [4.78, 5) is 28.6. The molecule has 2 aromatic heterocycles.